The summed E-state index contributed by atoms with van der Waals surface area (Å²) in [6, 6.07) is 5.97. The topological polar surface area (TPSA) is 9.23 Å². The summed E-state index contributed by atoms with van der Waals surface area (Å²) in [4.78, 5) is 0. The molecule has 0 heterocycles. The van der Waals surface area contributed by atoms with Crippen molar-refractivity contribution in [1.29, 1.82) is 0 Å². The summed E-state index contributed by atoms with van der Waals surface area (Å²) in [6.45, 7) is 4.28. The molecule has 68 valence electrons. The Labute approximate surface area is 79.7 Å². The van der Waals surface area contributed by atoms with Gasteiger partial charge in [-0.3, -0.25) is 0 Å². The number of benzene rings is 1. The molecule has 0 atom stereocenters. The van der Waals surface area contributed by atoms with Crippen LogP contribution in [0.2, 0.25) is 0 Å². The molecule has 13 heavy (non-hydrogen) atoms. The zero-order chi connectivity index (χ0) is 9.84. The van der Waals surface area contributed by atoms with E-state index in [1.807, 2.05) is 18.2 Å². The minimum atomic E-state index is 0.498. The Morgan fingerprint density at radius 3 is 2.54 bits per heavy atom. The fourth-order valence-corrected chi connectivity index (χ4v) is 1.20. The number of terminal acetylenes is 1. The summed E-state index contributed by atoms with van der Waals surface area (Å²) in [7, 11) is 1.63. The SMILES string of the molecule is C#Cc1cc(C(C)C)ccc1OC. The number of rotatable bonds is 2. The standard InChI is InChI=1S/C12H14O/c1-5-10-8-11(9(2)3)6-7-12(10)13-4/h1,6-9H,2-4H3. The van der Waals surface area contributed by atoms with Crippen LogP contribution in [0.25, 0.3) is 0 Å². The van der Waals surface area contributed by atoms with Crippen molar-refractivity contribution in [1.82, 2.24) is 0 Å². The van der Waals surface area contributed by atoms with Crippen molar-refractivity contribution in [2.75, 3.05) is 7.11 Å². The van der Waals surface area contributed by atoms with Crippen LogP contribution in [0.4, 0.5) is 0 Å². The molecule has 0 amide bonds. The fourth-order valence-electron chi connectivity index (χ4n) is 1.20. The second-order valence-electron chi connectivity index (χ2n) is 3.26. The van der Waals surface area contributed by atoms with Gasteiger partial charge in [0, 0.05) is 0 Å². The smallest absolute Gasteiger partial charge is 0.134 e. The Morgan fingerprint density at radius 1 is 1.38 bits per heavy atom. The van der Waals surface area contributed by atoms with Gasteiger partial charge >= 0.3 is 0 Å². The predicted molar refractivity (Wildman–Crippen MR) is 55.0 cm³/mol. The van der Waals surface area contributed by atoms with E-state index in [1.165, 1.54) is 5.56 Å². The van der Waals surface area contributed by atoms with Gasteiger partial charge in [0.1, 0.15) is 5.75 Å². The second kappa shape index (κ2) is 4.00. The summed E-state index contributed by atoms with van der Waals surface area (Å²) in [6.07, 6.45) is 5.37. The Balaban J connectivity index is 3.15. The van der Waals surface area contributed by atoms with Gasteiger partial charge in [-0.2, -0.15) is 0 Å². The summed E-state index contributed by atoms with van der Waals surface area (Å²) in [5.74, 6) is 3.89. The first-order chi connectivity index (χ1) is 6.19. The normalized spacial score (nSPS) is 9.77. The lowest BCUT2D eigenvalue weighted by molar-refractivity contribution is 0.413. The maximum absolute atomic E-state index is 5.37. The molecule has 0 saturated carbocycles. The highest BCUT2D eigenvalue weighted by Gasteiger charge is 2.03. The minimum Gasteiger partial charge on any atom is -0.495 e. The van der Waals surface area contributed by atoms with Gasteiger partial charge in [0.25, 0.3) is 0 Å². The van der Waals surface area contributed by atoms with E-state index in [0.717, 1.165) is 11.3 Å². The number of ether oxygens (including phenoxy) is 1. The molecular weight excluding hydrogens is 160 g/mol. The Morgan fingerprint density at radius 2 is 2.08 bits per heavy atom. The van der Waals surface area contributed by atoms with Crippen LogP contribution < -0.4 is 4.74 Å². The number of hydrogen-bond acceptors (Lipinski definition) is 1. The summed E-state index contributed by atoms with van der Waals surface area (Å²) in [5.41, 5.74) is 2.07. The summed E-state index contributed by atoms with van der Waals surface area (Å²) in [5, 5.41) is 0. The average molecular weight is 174 g/mol. The zero-order valence-corrected chi connectivity index (χ0v) is 8.29. The van der Waals surface area contributed by atoms with Crippen LogP contribution in [0, 0.1) is 12.3 Å². The van der Waals surface area contributed by atoms with Gasteiger partial charge in [-0.05, 0) is 23.6 Å². The van der Waals surface area contributed by atoms with Crippen LogP contribution in [-0.2, 0) is 0 Å². The Hall–Kier alpha value is -1.42. The molecule has 1 nitrogen and oxygen atoms in total. The van der Waals surface area contributed by atoms with E-state index < -0.39 is 0 Å². The largest absolute Gasteiger partial charge is 0.495 e. The molecule has 0 bridgehead atoms. The van der Waals surface area contributed by atoms with Gasteiger partial charge in [-0.1, -0.05) is 25.8 Å². The molecule has 1 aromatic carbocycles. The molecule has 0 aliphatic heterocycles. The van der Waals surface area contributed by atoms with Gasteiger partial charge in [-0.25, -0.2) is 0 Å². The van der Waals surface area contributed by atoms with Crippen LogP contribution >= 0.6 is 0 Å². The monoisotopic (exact) mass is 174 g/mol. The lowest BCUT2D eigenvalue weighted by Gasteiger charge is -2.08. The van der Waals surface area contributed by atoms with Crippen LogP contribution in [-0.4, -0.2) is 7.11 Å². The maximum Gasteiger partial charge on any atom is 0.134 e. The van der Waals surface area contributed by atoms with Crippen molar-refractivity contribution in [3.63, 3.8) is 0 Å². The molecule has 0 aromatic heterocycles. The van der Waals surface area contributed by atoms with Crippen molar-refractivity contribution in [2.45, 2.75) is 19.8 Å². The molecule has 1 heteroatoms. The van der Waals surface area contributed by atoms with Crippen LogP contribution in [0.15, 0.2) is 18.2 Å². The first-order valence-electron chi connectivity index (χ1n) is 4.33. The molecule has 1 rings (SSSR count). The van der Waals surface area contributed by atoms with E-state index in [4.69, 9.17) is 11.2 Å². The maximum atomic E-state index is 5.37. The van der Waals surface area contributed by atoms with E-state index in [-0.39, 0.29) is 0 Å². The third-order valence-corrected chi connectivity index (χ3v) is 2.05. The van der Waals surface area contributed by atoms with Crippen molar-refractivity contribution < 1.29 is 4.74 Å². The van der Waals surface area contributed by atoms with Crippen molar-refractivity contribution in [3.8, 4) is 18.1 Å². The third kappa shape index (κ3) is 2.03. The first-order valence-corrected chi connectivity index (χ1v) is 4.33. The molecule has 0 fully saturated rings. The van der Waals surface area contributed by atoms with Crippen molar-refractivity contribution in [2.24, 2.45) is 0 Å². The molecule has 0 aliphatic carbocycles. The second-order valence-corrected chi connectivity index (χ2v) is 3.26. The van der Waals surface area contributed by atoms with E-state index in [1.54, 1.807) is 7.11 Å². The van der Waals surface area contributed by atoms with Gasteiger partial charge in [0.2, 0.25) is 0 Å². The van der Waals surface area contributed by atoms with Gasteiger partial charge in [0.15, 0.2) is 0 Å². The molecule has 0 N–H and O–H groups in total. The first kappa shape index (κ1) is 9.67. The van der Waals surface area contributed by atoms with Crippen molar-refractivity contribution in [3.05, 3.63) is 29.3 Å². The molecule has 0 saturated heterocycles. The van der Waals surface area contributed by atoms with Crippen LogP contribution in [0.3, 0.4) is 0 Å². The summed E-state index contributed by atoms with van der Waals surface area (Å²) >= 11 is 0. The molecular formula is C12H14O. The lowest BCUT2D eigenvalue weighted by atomic mass is 10.0. The summed E-state index contributed by atoms with van der Waals surface area (Å²) < 4.78 is 5.13. The van der Waals surface area contributed by atoms with Crippen LogP contribution in [0.1, 0.15) is 30.9 Å². The lowest BCUT2D eigenvalue weighted by Crippen LogP contribution is -1.92. The van der Waals surface area contributed by atoms with E-state index in [2.05, 4.69) is 19.8 Å². The Kier molecular flexibility index (Phi) is 2.97. The molecule has 0 radical (unpaired) electrons. The highest BCUT2D eigenvalue weighted by molar-refractivity contribution is 5.47. The Bertz CT molecular complexity index is 331. The van der Waals surface area contributed by atoms with Gasteiger partial charge in [0.05, 0.1) is 12.7 Å². The average Bonchev–Trinajstić information content (AvgIpc) is 2.16. The zero-order valence-electron chi connectivity index (χ0n) is 8.29. The van der Waals surface area contributed by atoms with Crippen LogP contribution in [0.5, 0.6) is 5.75 Å². The predicted octanol–water partition coefficient (Wildman–Crippen LogP) is 2.80. The molecule has 0 spiro atoms. The van der Waals surface area contributed by atoms with Gasteiger partial charge < -0.3 is 4.74 Å². The van der Waals surface area contributed by atoms with E-state index >= 15 is 0 Å². The highest BCUT2D eigenvalue weighted by Crippen LogP contribution is 2.22. The number of hydrogen-bond donors (Lipinski definition) is 0. The third-order valence-electron chi connectivity index (χ3n) is 2.05. The number of methoxy groups -OCH3 is 1. The van der Waals surface area contributed by atoms with Gasteiger partial charge in [-0.15, -0.1) is 6.42 Å². The quantitative estimate of drug-likeness (QED) is 0.626. The molecule has 1 aromatic rings. The van der Waals surface area contributed by atoms with E-state index in [9.17, 15) is 0 Å². The van der Waals surface area contributed by atoms with Crippen molar-refractivity contribution >= 4 is 0 Å². The molecule has 0 unspecified atom stereocenters. The fraction of sp³-hybridized carbons (Fsp3) is 0.333. The molecule has 0 aliphatic rings. The minimum absolute atomic E-state index is 0.498. The highest BCUT2D eigenvalue weighted by atomic mass is 16.5. The van der Waals surface area contributed by atoms with E-state index in [0.29, 0.717) is 5.92 Å².